The molecule has 0 N–H and O–H groups in total. The predicted octanol–water partition coefficient (Wildman–Crippen LogP) is 3.18. The Morgan fingerprint density at radius 2 is 1.89 bits per heavy atom. The van der Waals surface area contributed by atoms with Crippen LogP contribution in [0.25, 0.3) is 16.1 Å². The Kier molecular flexibility index (Phi) is 9.64. The minimum absolute atomic E-state index is 0. The fraction of sp³-hybridized carbons (Fsp3) is 0.435. The second kappa shape index (κ2) is 12.0. The molecule has 28 heavy (non-hydrogen) atoms. The maximum atomic E-state index is 12.2. The van der Waals surface area contributed by atoms with Gasteiger partial charge in [0.05, 0.1) is 0 Å². The smallest absolute Gasteiger partial charge is 0.609 e. The van der Waals surface area contributed by atoms with Crippen molar-refractivity contribution in [1.29, 1.82) is 0 Å². The van der Waals surface area contributed by atoms with Gasteiger partial charge >= 0.3 is 18.9 Å². The zero-order valence-electron chi connectivity index (χ0n) is 17.0. The summed E-state index contributed by atoms with van der Waals surface area (Å²) in [5.41, 5.74) is 0.977. The first-order valence-corrected chi connectivity index (χ1v) is 9.79. The number of carbonyl (C=O) groups excluding carboxylic acids is 1. The number of allylic oxidation sites excluding steroid dienone is 1. The largest absolute Gasteiger partial charge is 1.00 e. The summed E-state index contributed by atoms with van der Waals surface area (Å²) in [4.78, 5) is 12.2. The van der Waals surface area contributed by atoms with E-state index >= 15 is 0 Å². The fourth-order valence-corrected chi connectivity index (χ4v) is 3.75. The number of hydrogen-bond acceptors (Lipinski definition) is 3. The summed E-state index contributed by atoms with van der Waals surface area (Å²) in [6.45, 7) is 0.606. The van der Waals surface area contributed by atoms with Gasteiger partial charge in [-0.1, -0.05) is 85.5 Å². The molecule has 0 saturated heterocycles. The molecule has 1 fully saturated rings. The molecule has 144 valence electrons. The number of fused-ring (bicyclic) bond motifs is 1. The molecule has 0 spiro atoms. The SMILES string of the molecule is COC[C@@H]([N-]C(=O)OC/C=C/C1CCCCC1)c1cccc2ccccc12.[Li+]. The summed E-state index contributed by atoms with van der Waals surface area (Å²) < 4.78 is 10.6. The maximum Gasteiger partial charge on any atom is 1.00 e. The molecule has 0 radical (unpaired) electrons. The Hall–Kier alpha value is -1.73. The van der Waals surface area contributed by atoms with Gasteiger partial charge in [0.25, 0.3) is 0 Å². The molecule has 2 aromatic rings. The van der Waals surface area contributed by atoms with Crippen LogP contribution in [-0.2, 0) is 9.47 Å². The van der Waals surface area contributed by atoms with E-state index in [4.69, 9.17) is 9.47 Å². The first-order valence-electron chi connectivity index (χ1n) is 9.79. The molecule has 5 heteroatoms. The number of ether oxygens (including phenoxy) is 2. The number of methoxy groups -OCH3 is 1. The molecule has 0 aliphatic heterocycles. The average molecular weight is 373 g/mol. The van der Waals surface area contributed by atoms with Crippen molar-refractivity contribution in [2.75, 3.05) is 20.3 Å². The Morgan fingerprint density at radius 3 is 2.68 bits per heavy atom. The van der Waals surface area contributed by atoms with Crippen molar-refractivity contribution in [1.82, 2.24) is 0 Å². The summed E-state index contributed by atoms with van der Waals surface area (Å²) in [6.07, 6.45) is 10.0. The summed E-state index contributed by atoms with van der Waals surface area (Å²) in [6, 6.07) is 13.7. The zero-order chi connectivity index (χ0) is 18.9. The van der Waals surface area contributed by atoms with Crippen LogP contribution in [0.4, 0.5) is 4.79 Å². The van der Waals surface area contributed by atoms with Crippen molar-refractivity contribution < 1.29 is 33.1 Å². The molecule has 0 bridgehead atoms. The van der Waals surface area contributed by atoms with Crippen LogP contribution in [0.2, 0.25) is 0 Å². The van der Waals surface area contributed by atoms with Crippen molar-refractivity contribution in [2.45, 2.75) is 38.1 Å². The van der Waals surface area contributed by atoms with E-state index < -0.39 is 6.09 Å². The normalized spacial score (nSPS) is 15.9. The van der Waals surface area contributed by atoms with Gasteiger partial charge in [0.1, 0.15) is 6.61 Å². The van der Waals surface area contributed by atoms with Gasteiger partial charge in [-0.3, -0.25) is 4.79 Å². The minimum atomic E-state index is -0.543. The van der Waals surface area contributed by atoms with Crippen LogP contribution in [0.1, 0.15) is 43.7 Å². The van der Waals surface area contributed by atoms with Gasteiger partial charge in [0.15, 0.2) is 0 Å². The maximum absolute atomic E-state index is 12.2. The average Bonchev–Trinajstić information content (AvgIpc) is 2.71. The van der Waals surface area contributed by atoms with Crippen LogP contribution >= 0.6 is 0 Å². The monoisotopic (exact) mass is 373 g/mol. The van der Waals surface area contributed by atoms with Crippen molar-refractivity contribution in [3.8, 4) is 0 Å². The number of hydrogen-bond donors (Lipinski definition) is 0. The number of carbonyl (C=O) groups is 1. The number of rotatable bonds is 7. The molecule has 0 heterocycles. The van der Waals surface area contributed by atoms with Crippen molar-refractivity contribution in [3.05, 3.63) is 65.5 Å². The number of nitrogens with zero attached hydrogens (tertiary/aromatic N) is 1. The molecule has 1 atom stereocenters. The second-order valence-corrected chi connectivity index (χ2v) is 7.07. The zero-order valence-corrected chi connectivity index (χ0v) is 17.0. The molecule has 1 amide bonds. The van der Waals surface area contributed by atoms with E-state index in [-0.39, 0.29) is 31.5 Å². The van der Waals surface area contributed by atoms with E-state index in [1.54, 1.807) is 7.11 Å². The van der Waals surface area contributed by atoms with Crippen LogP contribution in [0, 0.1) is 5.92 Å². The molecule has 3 rings (SSSR count). The summed E-state index contributed by atoms with van der Waals surface area (Å²) in [5.74, 6) is 0.631. The van der Waals surface area contributed by atoms with Gasteiger partial charge in [0.2, 0.25) is 6.09 Å². The molecule has 1 saturated carbocycles. The first-order chi connectivity index (χ1) is 13.3. The molecule has 0 aromatic heterocycles. The van der Waals surface area contributed by atoms with E-state index in [1.165, 1.54) is 32.1 Å². The third-order valence-corrected chi connectivity index (χ3v) is 5.13. The van der Waals surface area contributed by atoms with Crippen molar-refractivity contribution in [3.63, 3.8) is 0 Å². The van der Waals surface area contributed by atoms with Gasteiger partial charge in [-0.15, -0.1) is 0 Å². The van der Waals surface area contributed by atoms with Crippen LogP contribution in [0.5, 0.6) is 0 Å². The van der Waals surface area contributed by atoms with E-state index in [0.29, 0.717) is 12.5 Å². The number of benzene rings is 2. The van der Waals surface area contributed by atoms with E-state index in [9.17, 15) is 4.79 Å². The van der Waals surface area contributed by atoms with Gasteiger partial charge in [-0.05, 0) is 29.5 Å². The molecule has 1 aliphatic carbocycles. The fourth-order valence-electron chi connectivity index (χ4n) is 3.75. The van der Waals surface area contributed by atoms with Gasteiger partial charge in [-0.25, -0.2) is 0 Å². The second-order valence-electron chi connectivity index (χ2n) is 7.07. The standard InChI is InChI=1S/C23H29NO3.Li/c1-26-17-22(21-15-7-13-19-12-5-6-14-20(19)21)24-23(25)27-16-8-11-18-9-3-2-4-10-18;/h5-8,11-15,18,22H,2-4,9-10,16-17H2,1H3,(H,24,25);/q;+1/p-1/b11-8+;/t22-;/m1./s1. The van der Waals surface area contributed by atoms with E-state index in [1.807, 2.05) is 36.4 Å². The quantitative estimate of drug-likeness (QED) is 0.553. The van der Waals surface area contributed by atoms with Gasteiger partial charge in [0, 0.05) is 13.7 Å². The van der Waals surface area contributed by atoms with Crippen LogP contribution in [-0.4, -0.2) is 26.4 Å². The molecular formula is C23H28LiNO3. The van der Waals surface area contributed by atoms with Gasteiger partial charge < -0.3 is 14.8 Å². The van der Waals surface area contributed by atoms with Crippen molar-refractivity contribution >= 4 is 16.9 Å². The Labute approximate surface area is 179 Å². The van der Waals surface area contributed by atoms with E-state index in [0.717, 1.165) is 16.3 Å². The first kappa shape index (κ1) is 22.6. The minimum Gasteiger partial charge on any atom is -0.609 e. The summed E-state index contributed by atoms with van der Waals surface area (Å²) >= 11 is 0. The summed E-state index contributed by atoms with van der Waals surface area (Å²) in [7, 11) is 1.62. The number of amides is 1. The molecule has 4 nitrogen and oxygen atoms in total. The topological polar surface area (TPSA) is 49.6 Å². The Bertz CT molecular complexity index is 766. The Morgan fingerprint density at radius 1 is 1.14 bits per heavy atom. The Balaban J connectivity index is 0.00000280. The van der Waals surface area contributed by atoms with Crippen LogP contribution in [0.15, 0.2) is 54.6 Å². The van der Waals surface area contributed by atoms with Crippen molar-refractivity contribution in [2.24, 2.45) is 5.92 Å². The predicted molar refractivity (Wildman–Crippen MR) is 109 cm³/mol. The third-order valence-electron chi connectivity index (χ3n) is 5.13. The molecular weight excluding hydrogens is 345 g/mol. The molecule has 2 aromatic carbocycles. The molecule has 0 unspecified atom stereocenters. The molecule has 1 aliphatic rings. The van der Waals surface area contributed by atoms with Crippen LogP contribution in [0.3, 0.4) is 0 Å². The van der Waals surface area contributed by atoms with Crippen LogP contribution < -0.4 is 18.9 Å². The summed E-state index contributed by atoms with van der Waals surface area (Å²) in [5, 5.41) is 6.45. The van der Waals surface area contributed by atoms with E-state index in [2.05, 4.69) is 23.5 Å². The van der Waals surface area contributed by atoms with Gasteiger partial charge in [-0.2, -0.15) is 0 Å². The third kappa shape index (κ3) is 6.41.